The minimum Gasteiger partial charge on any atom is -0.387 e. The molecular weight excluding hydrogens is 312 g/mol. The van der Waals surface area contributed by atoms with Crippen molar-refractivity contribution >= 4 is 10.0 Å². The minimum atomic E-state index is -3.53. The minimum absolute atomic E-state index is 0.186. The van der Waals surface area contributed by atoms with Crippen LogP contribution >= 0.6 is 0 Å². The molecule has 1 unspecified atom stereocenters. The highest BCUT2D eigenvalue weighted by Crippen LogP contribution is 2.16. The quantitative estimate of drug-likeness (QED) is 0.777. The van der Waals surface area contributed by atoms with Crippen LogP contribution in [0.3, 0.4) is 0 Å². The van der Waals surface area contributed by atoms with E-state index in [0.29, 0.717) is 6.42 Å². The van der Waals surface area contributed by atoms with E-state index < -0.39 is 16.1 Å². The Bertz CT molecular complexity index is 721. The summed E-state index contributed by atoms with van der Waals surface area (Å²) in [6.07, 6.45) is 3.45. The maximum Gasteiger partial charge on any atom is 0.240 e. The first-order valence-corrected chi connectivity index (χ1v) is 9.30. The fraction of sp³-hybridized carbons (Fsp3) is 0.412. The lowest BCUT2D eigenvalue weighted by molar-refractivity contribution is 0.161. The summed E-state index contributed by atoms with van der Waals surface area (Å²) >= 11 is 0. The van der Waals surface area contributed by atoms with E-state index in [1.165, 1.54) is 0 Å². The Labute approximate surface area is 138 Å². The number of aliphatic hydroxyl groups excluding tert-OH is 1. The number of rotatable bonds is 8. The van der Waals surface area contributed by atoms with E-state index in [1.807, 2.05) is 42.1 Å². The summed E-state index contributed by atoms with van der Waals surface area (Å²) in [4.78, 5) is 0.255. The summed E-state index contributed by atoms with van der Waals surface area (Å²) in [6, 6.07) is 10.6. The second-order valence-electron chi connectivity index (χ2n) is 5.64. The molecule has 0 aliphatic heterocycles. The van der Waals surface area contributed by atoms with E-state index in [4.69, 9.17) is 0 Å². The number of aryl methyl sites for hydroxylation is 2. The Morgan fingerprint density at radius 1 is 1.22 bits per heavy atom. The zero-order valence-electron chi connectivity index (χ0n) is 13.6. The molecule has 1 atom stereocenters. The van der Waals surface area contributed by atoms with Gasteiger partial charge in [0, 0.05) is 25.5 Å². The lowest BCUT2D eigenvalue weighted by Crippen LogP contribution is -2.26. The fourth-order valence-corrected chi connectivity index (χ4v) is 3.55. The topological polar surface area (TPSA) is 71.3 Å². The molecule has 0 aliphatic carbocycles. The van der Waals surface area contributed by atoms with Crippen LogP contribution < -0.4 is 4.72 Å². The summed E-state index contributed by atoms with van der Waals surface area (Å²) in [5.74, 6) is 0. The van der Waals surface area contributed by atoms with Crippen molar-refractivity contribution in [1.82, 2.24) is 9.29 Å². The first-order chi connectivity index (χ1) is 10.9. The van der Waals surface area contributed by atoms with Crippen molar-refractivity contribution in [3.05, 3.63) is 53.9 Å². The van der Waals surface area contributed by atoms with Crippen LogP contribution in [0.4, 0.5) is 0 Å². The largest absolute Gasteiger partial charge is 0.387 e. The molecule has 0 saturated heterocycles. The van der Waals surface area contributed by atoms with Crippen LogP contribution in [0.25, 0.3) is 0 Å². The SMILES string of the molecule is CCCc1ccc(S(=O)(=O)NCCC(O)c2cccn2C)cc1. The van der Waals surface area contributed by atoms with E-state index in [9.17, 15) is 13.5 Å². The number of hydrogen-bond acceptors (Lipinski definition) is 3. The molecule has 0 amide bonds. The molecule has 23 heavy (non-hydrogen) atoms. The molecule has 0 fully saturated rings. The first-order valence-electron chi connectivity index (χ1n) is 7.82. The standard InChI is InChI=1S/C17H24N2O3S/c1-3-5-14-7-9-15(10-8-14)23(21,22)18-12-11-17(20)16-6-4-13-19(16)2/h4,6-10,13,17-18,20H,3,5,11-12H2,1-2H3. The van der Waals surface area contributed by atoms with Crippen molar-refractivity contribution in [2.45, 2.75) is 37.2 Å². The van der Waals surface area contributed by atoms with Crippen molar-refractivity contribution in [2.24, 2.45) is 7.05 Å². The number of sulfonamides is 1. The Morgan fingerprint density at radius 3 is 2.48 bits per heavy atom. The monoisotopic (exact) mass is 336 g/mol. The van der Waals surface area contributed by atoms with Crippen molar-refractivity contribution in [3.8, 4) is 0 Å². The van der Waals surface area contributed by atoms with Gasteiger partial charge >= 0.3 is 0 Å². The fourth-order valence-electron chi connectivity index (χ4n) is 2.51. The summed E-state index contributed by atoms with van der Waals surface area (Å²) in [6.45, 7) is 2.27. The van der Waals surface area contributed by atoms with Gasteiger partial charge in [0.1, 0.15) is 0 Å². The van der Waals surface area contributed by atoms with Crippen molar-refractivity contribution < 1.29 is 13.5 Å². The van der Waals surface area contributed by atoms with Gasteiger partial charge in [-0.1, -0.05) is 25.5 Å². The highest BCUT2D eigenvalue weighted by atomic mass is 32.2. The number of hydrogen-bond donors (Lipinski definition) is 2. The van der Waals surface area contributed by atoms with Crippen molar-refractivity contribution in [2.75, 3.05) is 6.54 Å². The summed E-state index contributed by atoms with van der Waals surface area (Å²) in [5, 5.41) is 10.1. The second kappa shape index (κ2) is 7.77. The van der Waals surface area contributed by atoms with Gasteiger partial charge in [0.2, 0.25) is 10.0 Å². The zero-order chi connectivity index (χ0) is 16.9. The highest BCUT2D eigenvalue weighted by molar-refractivity contribution is 7.89. The van der Waals surface area contributed by atoms with Crippen LogP contribution in [-0.2, 0) is 23.5 Å². The van der Waals surface area contributed by atoms with Gasteiger partial charge in [-0.3, -0.25) is 0 Å². The highest BCUT2D eigenvalue weighted by Gasteiger charge is 2.15. The molecule has 2 aromatic rings. The Balaban J connectivity index is 1.92. The molecule has 0 spiro atoms. The number of aromatic nitrogens is 1. The van der Waals surface area contributed by atoms with E-state index in [0.717, 1.165) is 24.1 Å². The van der Waals surface area contributed by atoms with Gasteiger partial charge in [0.15, 0.2) is 0 Å². The smallest absolute Gasteiger partial charge is 0.240 e. The number of nitrogens with zero attached hydrogens (tertiary/aromatic N) is 1. The van der Waals surface area contributed by atoms with Crippen LogP contribution in [0.1, 0.15) is 37.1 Å². The molecule has 1 aromatic carbocycles. The molecule has 0 saturated carbocycles. The van der Waals surface area contributed by atoms with Gasteiger partial charge < -0.3 is 9.67 Å². The van der Waals surface area contributed by atoms with Crippen LogP contribution in [0.15, 0.2) is 47.5 Å². The number of nitrogens with one attached hydrogen (secondary N) is 1. The molecule has 1 aromatic heterocycles. The Hall–Kier alpha value is -1.63. The molecule has 2 rings (SSSR count). The van der Waals surface area contributed by atoms with Gasteiger partial charge in [-0.15, -0.1) is 0 Å². The van der Waals surface area contributed by atoms with Gasteiger partial charge in [-0.05, 0) is 42.7 Å². The third-order valence-electron chi connectivity index (χ3n) is 3.81. The molecule has 0 aliphatic rings. The molecule has 6 heteroatoms. The average molecular weight is 336 g/mol. The average Bonchev–Trinajstić information content (AvgIpc) is 2.94. The first kappa shape index (κ1) is 17.7. The van der Waals surface area contributed by atoms with Crippen LogP contribution in [0.5, 0.6) is 0 Å². The van der Waals surface area contributed by atoms with E-state index in [1.54, 1.807) is 12.1 Å². The van der Waals surface area contributed by atoms with Gasteiger partial charge in [-0.25, -0.2) is 13.1 Å². The van der Waals surface area contributed by atoms with Gasteiger partial charge in [0.05, 0.1) is 11.0 Å². The van der Waals surface area contributed by atoms with Crippen molar-refractivity contribution in [3.63, 3.8) is 0 Å². The van der Waals surface area contributed by atoms with Gasteiger partial charge in [-0.2, -0.15) is 0 Å². The van der Waals surface area contributed by atoms with Crippen LogP contribution in [-0.4, -0.2) is 24.6 Å². The normalized spacial score (nSPS) is 13.2. The summed E-state index contributed by atoms with van der Waals surface area (Å²) in [5.41, 5.74) is 1.90. The van der Waals surface area contributed by atoms with Gasteiger partial charge in [0.25, 0.3) is 0 Å². The molecule has 5 nitrogen and oxygen atoms in total. The molecule has 0 bridgehead atoms. The predicted molar refractivity (Wildman–Crippen MR) is 90.6 cm³/mol. The Morgan fingerprint density at radius 2 is 1.91 bits per heavy atom. The maximum absolute atomic E-state index is 12.2. The summed E-state index contributed by atoms with van der Waals surface area (Å²) in [7, 11) is -1.69. The van der Waals surface area contributed by atoms with E-state index >= 15 is 0 Å². The molecule has 126 valence electrons. The maximum atomic E-state index is 12.2. The molecule has 2 N–H and O–H groups in total. The van der Waals surface area contributed by atoms with E-state index in [2.05, 4.69) is 11.6 Å². The number of aliphatic hydroxyl groups is 1. The second-order valence-corrected chi connectivity index (χ2v) is 7.41. The van der Waals surface area contributed by atoms with Crippen LogP contribution in [0.2, 0.25) is 0 Å². The lowest BCUT2D eigenvalue weighted by atomic mass is 10.1. The molecule has 0 radical (unpaired) electrons. The van der Waals surface area contributed by atoms with E-state index in [-0.39, 0.29) is 11.4 Å². The Kier molecular flexibility index (Phi) is 5.98. The number of benzene rings is 1. The predicted octanol–water partition coefficient (Wildman–Crippen LogP) is 2.38. The molecular formula is C17H24N2O3S. The summed E-state index contributed by atoms with van der Waals surface area (Å²) < 4.78 is 28.8. The third kappa shape index (κ3) is 4.67. The molecule has 1 heterocycles. The van der Waals surface area contributed by atoms with Crippen molar-refractivity contribution in [1.29, 1.82) is 0 Å². The zero-order valence-corrected chi connectivity index (χ0v) is 14.4. The van der Waals surface area contributed by atoms with Crippen LogP contribution in [0, 0.1) is 0 Å². The third-order valence-corrected chi connectivity index (χ3v) is 5.28. The lowest BCUT2D eigenvalue weighted by Gasteiger charge is -2.13.